The van der Waals surface area contributed by atoms with Gasteiger partial charge in [-0.15, -0.1) is 0 Å². The number of hydrogen-bond acceptors (Lipinski definition) is 3. The normalized spacial score (nSPS) is 10.9. The molecule has 0 atom stereocenters. The molecule has 0 saturated carbocycles. The van der Waals surface area contributed by atoms with E-state index >= 15 is 0 Å². The third kappa shape index (κ3) is 2.37. The summed E-state index contributed by atoms with van der Waals surface area (Å²) in [4.78, 5) is 2.01. The van der Waals surface area contributed by atoms with Crippen LogP contribution in [0, 0.1) is 0 Å². The van der Waals surface area contributed by atoms with Gasteiger partial charge < -0.3 is 14.4 Å². The van der Waals surface area contributed by atoms with Gasteiger partial charge in [-0.3, -0.25) is 0 Å². The molecule has 0 fully saturated rings. The van der Waals surface area contributed by atoms with Gasteiger partial charge >= 0.3 is 0 Å². The maximum atomic E-state index is 8.71. The Labute approximate surface area is 66.2 Å². The molecule has 0 aliphatic rings. The van der Waals surface area contributed by atoms with Crippen LogP contribution in [0.4, 0.5) is 0 Å². The number of furan rings is 1. The molecule has 0 unspecified atom stereocenters. The summed E-state index contributed by atoms with van der Waals surface area (Å²) in [6.07, 6.45) is 1.58. The molecule has 0 bridgehead atoms. The summed E-state index contributed by atoms with van der Waals surface area (Å²) >= 11 is 0. The predicted molar refractivity (Wildman–Crippen MR) is 42.0 cm³/mol. The van der Waals surface area contributed by atoms with Crippen molar-refractivity contribution in [2.24, 2.45) is 0 Å². The van der Waals surface area contributed by atoms with Gasteiger partial charge in [0.15, 0.2) is 0 Å². The Bertz CT molecular complexity index is 218. The fourth-order valence-electron chi connectivity index (χ4n) is 0.904. The highest BCUT2D eigenvalue weighted by Gasteiger charge is 2.00. The molecule has 1 rings (SSSR count). The maximum absolute atomic E-state index is 8.71. The van der Waals surface area contributed by atoms with E-state index in [0.717, 1.165) is 17.9 Å². The van der Waals surface area contributed by atoms with E-state index in [1.807, 2.05) is 25.1 Å². The van der Waals surface area contributed by atoms with Crippen LogP contribution in [-0.4, -0.2) is 24.1 Å². The molecule has 3 nitrogen and oxygen atoms in total. The minimum atomic E-state index is 0.0525. The summed E-state index contributed by atoms with van der Waals surface area (Å²) in [6.45, 7) is 0.830. The van der Waals surface area contributed by atoms with Crippen LogP contribution < -0.4 is 0 Å². The molecule has 3 heteroatoms. The van der Waals surface area contributed by atoms with Crippen LogP contribution in [0.25, 0.3) is 0 Å². The van der Waals surface area contributed by atoms with Gasteiger partial charge in [0.25, 0.3) is 0 Å². The number of aliphatic hydroxyl groups excluding tert-OH is 1. The molecule has 0 spiro atoms. The molecule has 62 valence electrons. The second-order valence-corrected chi connectivity index (χ2v) is 2.82. The molecule has 0 aliphatic carbocycles. The van der Waals surface area contributed by atoms with Crippen molar-refractivity contribution in [3.63, 3.8) is 0 Å². The van der Waals surface area contributed by atoms with Gasteiger partial charge in [0, 0.05) is 5.56 Å². The van der Waals surface area contributed by atoms with Crippen molar-refractivity contribution in [3.05, 3.63) is 23.7 Å². The summed E-state index contributed by atoms with van der Waals surface area (Å²) in [6, 6.07) is 1.86. The van der Waals surface area contributed by atoms with E-state index in [-0.39, 0.29) is 6.61 Å². The Kier molecular flexibility index (Phi) is 2.68. The topological polar surface area (TPSA) is 36.6 Å². The smallest absolute Gasteiger partial charge is 0.118 e. The van der Waals surface area contributed by atoms with E-state index in [1.54, 1.807) is 6.26 Å². The lowest BCUT2D eigenvalue weighted by atomic mass is 10.3. The van der Waals surface area contributed by atoms with Crippen LogP contribution in [0.2, 0.25) is 0 Å². The summed E-state index contributed by atoms with van der Waals surface area (Å²) in [5.74, 6) is 0.888. The molecule has 11 heavy (non-hydrogen) atoms. The van der Waals surface area contributed by atoms with Crippen molar-refractivity contribution in [2.45, 2.75) is 13.2 Å². The van der Waals surface area contributed by atoms with Crippen LogP contribution in [0.15, 0.2) is 16.7 Å². The predicted octanol–water partition coefficient (Wildman–Crippen LogP) is 0.834. The zero-order valence-corrected chi connectivity index (χ0v) is 6.87. The summed E-state index contributed by atoms with van der Waals surface area (Å²) in [5, 5.41) is 8.71. The van der Waals surface area contributed by atoms with Crippen molar-refractivity contribution in [3.8, 4) is 0 Å². The second-order valence-electron chi connectivity index (χ2n) is 2.82. The van der Waals surface area contributed by atoms with Crippen LogP contribution in [-0.2, 0) is 13.2 Å². The number of hydrogen-bond donors (Lipinski definition) is 1. The second kappa shape index (κ2) is 3.55. The Balaban J connectivity index is 2.58. The Hall–Kier alpha value is -0.800. The molecule has 0 aliphatic heterocycles. The fraction of sp³-hybridized carbons (Fsp3) is 0.500. The van der Waals surface area contributed by atoms with Gasteiger partial charge in [0.05, 0.1) is 19.4 Å². The Morgan fingerprint density at radius 2 is 2.27 bits per heavy atom. The lowest BCUT2D eigenvalue weighted by Crippen LogP contribution is -2.09. The molecule has 1 aromatic heterocycles. The minimum absolute atomic E-state index is 0.0525. The fourth-order valence-corrected chi connectivity index (χ4v) is 0.904. The van der Waals surface area contributed by atoms with Gasteiger partial charge in [-0.2, -0.15) is 0 Å². The van der Waals surface area contributed by atoms with E-state index in [9.17, 15) is 0 Å². The molecule has 1 heterocycles. The van der Waals surface area contributed by atoms with Gasteiger partial charge in [0.2, 0.25) is 0 Å². The largest absolute Gasteiger partial charge is 0.468 e. The van der Waals surface area contributed by atoms with E-state index in [4.69, 9.17) is 9.52 Å². The lowest BCUT2D eigenvalue weighted by molar-refractivity contribution is 0.280. The SMILES string of the molecule is CN(C)Cc1cc(CO)co1. The molecule has 0 radical (unpaired) electrons. The highest BCUT2D eigenvalue weighted by Crippen LogP contribution is 2.08. The molecule has 0 aromatic carbocycles. The molecular formula is C8H13NO2. The molecule has 0 amide bonds. The molecule has 0 saturated heterocycles. The van der Waals surface area contributed by atoms with Gasteiger partial charge in [-0.1, -0.05) is 0 Å². The average Bonchev–Trinajstić information content (AvgIpc) is 2.34. The first kappa shape index (κ1) is 8.30. The number of rotatable bonds is 3. The van der Waals surface area contributed by atoms with Crippen LogP contribution in [0.5, 0.6) is 0 Å². The monoisotopic (exact) mass is 155 g/mol. The minimum Gasteiger partial charge on any atom is -0.468 e. The van der Waals surface area contributed by atoms with Crippen LogP contribution in [0.1, 0.15) is 11.3 Å². The molecule has 1 aromatic rings. The zero-order valence-electron chi connectivity index (χ0n) is 6.87. The van der Waals surface area contributed by atoms with Gasteiger partial charge in [-0.05, 0) is 20.2 Å². The van der Waals surface area contributed by atoms with Crippen molar-refractivity contribution in [1.82, 2.24) is 4.90 Å². The Morgan fingerprint density at radius 1 is 1.55 bits per heavy atom. The van der Waals surface area contributed by atoms with Crippen LogP contribution in [0.3, 0.4) is 0 Å². The van der Waals surface area contributed by atoms with Crippen molar-refractivity contribution in [1.29, 1.82) is 0 Å². The summed E-state index contributed by atoms with van der Waals surface area (Å²) < 4.78 is 5.16. The number of nitrogens with zero attached hydrogens (tertiary/aromatic N) is 1. The number of aliphatic hydroxyl groups is 1. The van der Waals surface area contributed by atoms with E-state index < -0.39 is 0 Å². The first-order chi connectivity index (χ1) is 5.22. The van der Waals surface area contributed by atoms with E-state index in [2.05, 4.69) is 0 Å². The quantitative estimate of drug-likeness (QED) is 0.702. The van der Waals surface area contributed by atoms with Gasteiger partial charge in [-0.25, -0.2) is 0 Å². The summed E-state index contributed by atoms with van der Waals surface area (Å²) in [5.41, 5.74) is 0.835. The average molecular weight is 155 g/mol. The first-order valence-corrected chi connectivity index (χ1v) is 3.54. The third-order valence-electron chi connectivity index (χ3n) is 1.36. The summed E-state index contributed by atoms with van der Waals surface area (Å²) in [7, 11) is 3.95. The van der Waals surface area contributed by atoms with Crippen molar-refractivity contribution in [2.75, 3.05) is 14.1 Å². The lowest BCUT2D eigenvalue weighted by Gasteiger charge is -2.04. The molecule has 1 N–H and O–H groups in total. The van der Waals surface area contributed by atoms with Crippen LogP contribution >= 0.6 is 0 Å². The van der Waals surface area contributed by atoms with E-state index in [1.165, 1.54) is 0 Å². The van der Waals surface area contributed by atoms with Crippen molar-refractivity contribution < 1.29 is 9.52 Å². The third-order valence-corrected chi connectivity index (χ3v) is 1.36. The van der Waals surface area contributed by atoms with Gasteiger partial charge in [0.1, 0.15) is 5.76 Å². The first-order valence-electron chi connectivity index (χ1n) is 3.54. The molecular weight excluding hydrogens is 142 g/mol. The van der Waals surface area contributed by atoms with E-state index in [0.29, 0.717) is 0 Å². The highest BCUT2D eigenvalue weighted by atomic mass is 16.3. The standard InChI is InChI=1S/C8H13NO2/c1-9(2)4-8-3-7(5-10)6-11-8/h3,6,10H,4-5H2,1-2H3. The Morgan fingerprint density at radius 3 is 2.73 bits per heavy atom. The zero-order chi connectivity index (χ0) is 8.27. The van der Waals surface area contributed by atoms with Crippen molar-refractivity contribution >= 4 is 0 Å². The highest BCUT2D eigenvalue weighted by molar-refractivity contribution is 5.11. The maximum Gasteiger partial charge on any atom is 0.118 e.